The zero-order valence-electron chi connectivity index (χ0n) is 14.7. The van der Waals surface area contributed by atoms with Gasteiger partial charge < -0.3 is 10.2 Å². The van der Waals surface area contributed by atoms with Crippen LogP contribution in [0.3, 0.4) is 0 Å². The third kappa shape index (κ3) is 4.82. The normalized spacial score (nSPS) is 17.4. The maximum Gasteiger partial charge on any atom is 0.225 e. The SMILES string of the molecule is Cc1nc(CNC(=O)[C@@H]2CCC(=O)N(CCc3ccc(Cl)cc3)C2)n[nH]1. The molecular weight excluding hydrogens is 354 g/mol. The number of hydrogen-bond acceptors (Lipinski definition) is 4. The Morgan fingerprint density at radius 3 is 2.85 bits per heavy atom. The monoisotopic (exact) mass is 375 g/mol. The number of benzene rings is 1. The molecule has 138 valence electrons. The van der Waals surface area contributed by atoms with Crippen molar-refractivity contribution < 1.29 is 9.59 Å². The summed E-state index contributed by atoms with van der Waals surface area (Å²) in [6.45, 7) is 3.15. The fraction of sp³-hybridized carbons (Fsp3) is 0.444. The molecule has 1 aliphatic rings. The van der Waals surface area contributed by atoms with E-state index in [4.69, 9.17) is 11.6 Å². The van der Waals surface area contributed by atoms with E-state index in [1.165, 1.54) is 0 Å². The molecule has 0 unspecified atom stereocenters. The van der Waals surface area contributed by atoms with Gasteiger partial charge in [0.15, 0.2) is 5.82 Å². The highest BCUT2D eigenvalue weighted by Crippen LogP contribution is 2.19. The number of likely N-dealkylation sites (tertiary alicyclic amines) is 1. The molecule has 0 bridgehead atoms. The van der Waals surface area contributed by atoms with Crippen molar-refractivity contribution in [2.45, 2.75) is 32.7 Å². The number of carbonyl (C=O) groups excluding carboxylic acids is 2. The van der Waals surface area contributed by atoms with Gasteiger partial charge in [-0.3, -0.25) is 14.7 Å². The highest BCUT2D eigenvalue weighted by atomic mass is 35.5. The highest BCUT2D eigenvalue weighted by molar-refractivity contribution is 6.30. The van der Waals surface area contributed by atoms with Gasteiger partial charge in [0.25, 0.3) is 0 Å². The number of aromatic amines is 1. The van der Waals surface area contributed by atoms with Crippen molar-refractivity contribution in [3.05, 3.63) is 46.5 Å². The smallest absolute Gasteiger partial charge is 0.225 e. The molecule has 7 nitrogen and oxygen atoms in total. The highest BCUT2D eigenvalue weighted by Gasteiger charge is 2.29. The zero-order chi connectivity index (χ0) is 18.5. The molecule has 8 heteroatoms. The first-order chi connectivity index (χ1) is 12.5. The predicted octanol–water partition coefficient (Wildman–Crippen LogP) is 1.86. The first-order valence-electron chi connectivity index (χ1n) is 8.69. The van der Waals surface area contributed by atoms with Crippen LogP contribution in [-0.4, -0.2) is 45.0 Å². The first-order valence-corrected chi connectivity index (χ1v) is 9.07. The van der Waals surface area contributed by atoms with Crippen LogP contribution in [0, 0.1) is 12.8 Å². The van der Waals surface area contributed by atoms with E-state index >= 15 is 0 Å². The molecule has 2 N–H and O–H groups in total. The number of amides is 2. The summed E-state index contributed by atoms with van der Waals surface area (Å²) >= 11 is 5.89. The topological polar surface area (TPSA) is 91.0 Å². The van der Waals surface area contributed by atoms with Crippen LogP contribution in [0.5, 0.6) is 0 Å². The summed E-state index contributed by atoms with van der Waals surface area (Å²) < 4.78 is 0. The molecule has 2 amide bonds. The van der Waals surface area contributed by atoms with Gasteiger partial charge in [-0.25, -0.2) is 4.98 Å². The second-order valence-corrected chi connectivity index (χ2v) is 6.94. The van der Waals surface area contributed by atoms with Gasteiger partial charge in [-0.15, -0.1) is 0 Å². The Kier molecular flexibility index (Phi) is 5.88. The Bertz CT molecular complexity index is 774. The minimum Gasteiger partial charge on any atom is -0.348 e. The molecule has 1 aromatic heterocycles. The van der Waals surface area contributed by atoms with E-state index < -0.39 is 0 Å². The number of nitrogens with zero attached hydrogens (tertiary/aromatic N) is 3. The number of hydrogen-bond donors (Lipinski definition) is 2. The van der Waals surface area contributed by atoms with E-state index in [-0.39, 0.29) is 17.7 Å². The van der Waals surface area contributed by atoms with Gasteiger partial charge in [-0.05, 0) is 37.5 Å². The van der Waals surface area contributed by atoms with Crippen molar-refractivity contribution in [3.63, 3.8) is 0 Å². The van der Waals surface area contributed by atoms with E-state index in [1.807, 2.05) is 31.2 Å². The van der Waals surface area contributed by atoms with Crippen molar-refractivity contribution in [3.8, 4) is 0 Å². The van der Waals surface area contributed by atoms with Crippen molar-refractivity contribution in [2.75, 3.05) is 13.1 Å². The number of piperidine rings is 1. The Morgan fingerprint density at radius 2 is 2.15 bits per heavy atom. The van der Waals surface area contributed by atoms with Gasteiger partial charge in [-0.2, -0.15) is 5.10 Å². The summed E-state index contributed by atoms with van der Waals surface area (Å²) in [5.41, 5.74) is 1.12. The zero-order valence-corrected chi connectivity index (χ0v) is 15.4. The first kappa shape index (κ1) is 18.4. The molecule has 0 spiro atoms. The molecule has 1 aliphatic heterocycles. The van der Waals surface area contributed by atoms with Gasteiger partial charge >= 0.3 is 0 Å². The maximum absolute atomic E-state index is 12.4. The molecule has 26 heavy (non-hydrogen) atoms. The second-order valence-electron chi connectivity index (χ2n) is 6.51. The minimum atomic E-state index is -0.196. The van der Waals surface area contributed by atoms with Gasteiger partial charge in [0.05, 0.1) is 12.5 Å². The quantitative estimate of drug-likeness (QED) is 0.806. The molecule has 1 saturated heterocycles. The van der Waals surface area contributed by atoms with Crippen LogP contribution in [0.2, 0.25) is 5.02 Å². The van der Waals surface area contributed by atoms with E-state index in [9.17, 15) is 9.59 Å². The summed E-state index contributed by atoms with van der Waals surface area (Å²) in [7, 11) is 0. The van der Waals surface area contributed by atoms with Crippen LogP contribution < -0.4 is 5.32 Å². The number of aryl methyl sites for hydroxylation is 1. The molecule has 0 saturated carbocycles. The Morgan fingerprint density at radius 1 is 1.38 bits per heavy atom. The number of halogens is 1. The number of aromatic nitrogens is 3. The van der Waals surface area contributed by atoms with Crippen LogP contribution >= 0.6 is 11.6 Å². The predicted molar refractivity (Wildman–Crippen MR) is 97.4 cm³/mol. The van der Waals surface area contributed by atoms with E-state index in [2.05, 4.69) is 20.5 Å². The molecule has 1 atom stereocenters. The van der Waals surface area contributed by atoms with Crippen molar-refractivity contribution in [2.24, 2.45) is 5.92 Å². The molecule has 2 aromatic rings. The number of carbonyl (C=O) groups is 2. The molecule has 1 aromatic carbocycles. The van der Waals surface area contributed by atoms with Crippen molar-refractivity contribution in [1.82, 2.24) is 25.4 Å². The van der Waals surface area contributed by atoms with Crippen molar-refractivity contribution >= 4 is 23.4 Å². The molecular formula is C18H22ClN5O2. The average molecular weight is 376 g/mol. The van der Waals surface area contributed by atoms with Gasteiger partial charge in [0, 0.05) is 24.5 Å². The average Bonchev–Trinajstić information content (AvgIpc) is 3.05. The standard InChI is InChI=1S/C18H22ClN5O2/c1-12-21-16(23-22-12)10-20-18(26)14-4-7-17(25)24(11-14)9-8-13-2-5-15(19)6-3-13/h2-3,5-6,14H,4,7-11H2,1H3,(H,20,26)(H,21,22,23)/t14-/m1/s1. The van der Waals surface area contributed by atoms with Crippen molar-refractivity contribution in [1.29, 1.82) is 0 Å². The molecule has 0 radical (unpaired) electrons. The lowest BCUT2D eigenvalue weighted by molar-refractivity contribution is -0.138. The number of H-pyrrole nitrogens is 1. The van der Waals surface area contributed by atoms with Gasteiger partial charge in [0.2, 0.25) is 11.8 Å². The Labute approximate surface area is 157 Å². The lowest BCUT2D eigenvalue weighted by Crippen LogP contribution is -2.46. The summed E-state index contributed by atoms with van der Waals surface area (Å²) in [5.74, 6) is 1.12. The van der Waals surface area contributed by atoms with Crippen LogP contribution in [0.25, 0.3) is 0 Å². The molecule has 1 fully saturated rings. The lowest BCUT2D eigenvalue weighted by atomic mass is 9.96. The summed E-state index contributed by atoms with van der Waals surface area (Å²) in [4.78, 5) is 30.5. The van der Waals surface area contributed by atoms with Gasteiger partial charge in [-0.1, -0.05) is 23.7 Å². The summed E-state index contributed by atoms with van der Waals surface area (Å²) in [6.07, 6.45) is 1.72. The van der Waals surface area contributed by atoms with Gasteiger partial charge in [0.1, 0.15) is 5.82 Å². The maximum atomic E-state index is 12.4. The van der Waals surface area contributed by atoms with E-state index in [0.717, 1.165) is 12.0 Å². The fourth-order valence-corrected chi connectivity index (χ4v) is 3.16. The van der Waals surface area contributed by atoms with Crippen LogP contribution in [-0.2, 0) is 22.6 Å². The van der Waals surface area contributed by atoms with Crippen LogP contribution in [0.4, 0.5) is 0 Å². The second kappa shape index (κ2) is 8.31. The summed E-state index contributed by atoms with van der Waals surface area (Å²) in [6, 6.07) is 7.60. The molecule has 3 rings (SSSR count). The van der Waals surface area contributed by atoms with E-state index in [1.54, 1.807) is 4.90 Å². The van der Waals surface area contributed by atoms with Crippen LogP contribution in [0.15, 0.2) is 24.3 Å². The number of nitrogens with one attached hydrogen (secondary N) is 2. The molecule has 0 aliphatic carbocycles. The van der Waals surface area contributed by atoms with E-state index in [0.29, 0.717) is 49.1 Å². The third-order valence-electron chi connectivity index (χ3n) is 4.52. The minimum absolute atomic E-state index is 0.0588. The lowest BCUT2D eigenvalue weighted by Gasteiger charge is -2.32. The Balaban J connectivity index is 1.50. The fourth-order valence-electron chi connectivity index (χ4n) is 3.04. The third-order valence-corrected chi connectivity index (χ3v) is 4.77. The molecule has 2 heterocycles. The largest absolute Gasteiger partial charge is 0.348 e. The summed E-state index contributed by atoms with van der Waals surface area (Å²) in [5, 5.41) is 10.3. The van der Waals surface area contributed by atoms with Crippen LogP contribution in [0.1, 0.15) is 30.1 Å². The number of rotatable bonds is 6. The Hall–Kier alpha value is -2.41.